The summed E-state index contributed by atoms with van der Waals surface area (Å²) < 4.78 is 16.4. The number of amides is 1. The van der Waals surface area contributed by atoms with Gasteiger partial charge in [0, 0.05) is 31.8 Å². The molecule has 2 aromatic rings. The number of nitrogens with zero attached hydrogens (tertiary/aromatic N) is 1. The van der Waals surface area contributed by atoms with Crippen LogP contribution >= 0.6 is 0 Å². The topological polar surface area (TPSA) is 65.1 Å². The molecule has 2 atom stereocenters. The average molecular weight is 411 g/mol. The van der Waals surface area contributed by atoms with Gasteiger partial charge in [-0.25, -0.2) is 0 Å². The summed E-state index contributed by atoms with van der Waals surface area (Å²) in [5.74, 6) is 1.76. The number of carbonyl (C=O) groups is 2. The lowest BCUT2D eigenvalue weighted by Crippen LogP contribution is -2.30. The van der Waals surface area contributed by atoms with Crippen LogP contribution < -0.4 is 9.47 Å². The van der Waals surface area contributed by atoms with E-state index in [2.05, 4.69) is 0 Å². The highest BCUT2D eigenvalue weighted by molar-refractivity contribution is 5.78. The highest BCUT2D eigenvalue weighted by Crippen LogP contribution is 2.26. The summed E-state index contributed by atoms with van der Waals surface area (Å²) in [5, 5.41) is 0. The summed E-state index contributed by atoms with van der Waals surface area (Å²) in [5.41, 5.74) is 2.17. The SMILES string of the molecule is COc1ccc(CCN2C[C@H]([C@@H](CC=O)OCc3ccc(OC)cc3)CC2=O)cc1. The van der Waals surface area contributed by atoms with Crippen LogP contribution in [0.25, 0.3) is 0 Å². The van der Waals surface area contributed by atoms with Gasteiger partial charge in [0.15, 0.2) is 0 Å². The minimum absolute atomic E-state index is 0.0248. The molecule has 160 valence electrons. The van der Waals surface area contributed by atoms with E-state index in [-0.39, 0.29) is 17.9 Å². The van der Waals surface area contributed by atoms with Crippen molar-refractivity contribution >= 4 is 12.2 Å². The van der Waals surface area contributed by atoms with Gasteiger partial charge < -0.3 is 23.9 Å². The number of hydrogen-bond acceptors (Lipinski definition) is 5. The van der Waals surface area contributed by atoms with E-state index in [1.54, 1.807) is 14.2 Å². The zero-order valence-electron chi connectivity index (χ0n) is 17.6. The standard InChI is InChI=1S/C24H29NO5/c1-28-21-7-3-18(4-8-21)11-13-25-16-20(15-24(25)27)23(12-14-26)30-17-19-5-9-22(29-2)10-6-19/h3-10,14,20,23H,11-13,15-17H2,1-2H3/t20-,23-/m1/s1. The Hall–Kier alpha value is -2.86. The molecule has 1 aliphatic heterocycles. The molecular formula is C24H29NO5. The molecule has 6 nitrogen and oxygen atoms in total. The van der Waals surface area contributed by atoms with Crippen molar-refractivity contribution in [2.75, 3.05) is 27.3 Å². The molecule has 0 bridgehead atoms. The molecule has 1 fully saturated rings. The molecule has 0 radical (unpaired) electrons. The zero-order valence-corrected chi connectivity index (χ0v) is 17.6. The van der Waals surface area contributed by atoms with Gasteiger partial charge in [0.2, 0.25) is 5.91 Å². The van der Waals surface area contributed by atoms with Crippen LogP contribution in [0.2, 0.25) is 0 Å². The highest BCUT2D eigenvalue weighted by Gasteiger charge is 2.35. The van der Waals surface area contributed by atoms with Crippen LogP contribution in [0.15, 0.2) is 48.5 Å². The first kappa shape index (κ1) is 21.8. The van der Waals surface area contributed by atoms with E-state index in [0.29, 0.717) is 32.5 Å². The quantitative estimate of drug-likeness (QED) is 0.531. The lowest BCUT2D eigenvalue weighted by molar-refractivity contribution is -0.128. The van der Waals surface area contributed by atoms with Crippen molar-refractivity contribution in [3.8, 4) is 11.5 Å². The van der Waals surface area contributed by atoms with Crippen molar-refractivity contribution in [3.63, 3.8) is 0 Å². The van der Waals surface area contributed by atoms with Gasteiger partial charge in [-0.2, -0.15) is 0 Å². The first-order chi connectivity index (χ1) is 14.6. The maximum atomic E-state index is 12.5. The van der Waals surface area contributed by atoms with E-state index in [9.17, 15) is 9.59 Å². The molecule has 0 saturated carbocycles. The molecule has 0 aromatic heterocycles. The summed E-state index contributed by atoms with van der Waals surface area (Å²) in [6.45, 7) is 1.68. The van der Waals surface area contributed by atoms with Gasteiger partial charge in [-0.3, -0.25) is 4.79 Å². The minimum atomic E-state index is -0.264. The monoisotopic (exact) mass is 411 g/mol. The van der Waals surface area contributed by atoms with Crippen LogP contribution in [0, 0.1) is 5.92 Å². The second-order valence-corrected chi connectivity index (χ2v) is 7.50. The van der Waals surface area contributed by atoms with Crippen molar-refractivity contribution in [1.29, 1.82) is 0 Å². The van der Waals surface area contributed by atoms with Crippen molar-refractivity contribution in [2.45, 2.75) is 32.0 Å². The number of likely N-dealkylation sites (tertiary alicyclic amines) is 1. The molecule has 0 aliphatic carbocycles. The molecule has 0 spiro atoms. The van der Waals surface area contributed by atoms with Gasteiger partial charge in [-0.1, -0.05) is 24.3 Å². The average Bonchev–Trinajstić information content (AvgIpc) is 3.16. The second-order valence-electron chi connectivity index (χ2n) is 7.50. The van der Waals surface area contributed by atoms with Crippen LogP contribution in [0.1, 0.15) is 24.0 Å². The largest absolute Gasteiger partial charge is 0.497 e. The van der Waals surface area contributed by atoms with Crippen LogP contribution in [0.5, 0.6) is 11.5 Å². The Balaban J connectivity index is 1.53. The van der Waals surface area contributed by atoms with Crippen LogP contribution in [-0.2, 0) is 27.4 Å². The molecule has 1 saturated heterocycles. The van der Waals surface area contributed by atoms with Crippen LogP contribution in [0.3, 0.4) is 0 Å². The third-order valence-electron chi connectivity index (χ3n) is 5.55. The van der Waals surface area contributed by atoms with Crippen molar-refractivity contribution in [2.24, 2.45) is 5.92 Å². The van der Waals surface area contributed by atoms with Crippen molar-refractivity contribution < 1.29 is 23.8 Å². The Labute approximate surface area is 177 Å². The Morgan fingerprint density at radius 2 is 1.60 bits per heavy atom. The maximum absolute atomic E-state index is 12.5. The third-order valence-corrected chi connectivity index (χ3v) is 5.55. The van der Waals surface area contributed by atoms with E-state index in [1.165, 1.54) is 0 Å². The summed E-state index contributed by atoms with van der Waals surface area (Å²) in [7, 11) is 3.27. The maximum Gasteiger partial charge on any atom is 0.223 e. The Kier molecular flexibility index (Phi) is 7.85. The lowest BCUT2D eigenvalue weighted by atomic mass is 9.99. The molecule has 2 aromatic carbocycles. The minimum Gasteiger partial charge on any atom is -0.497 e. The van der Waals surface area contributed by atoms with Crippen molar-refractivity contribution in [1.82, 2.24) is 4.90 Å². The number of hydrogen-bond donors (Lipinski definition) is 0. The summed E-state index contributed by atoms with van der Waals surface area (Å²) in [4.78, 5) is 25.6. The molecule has 1 amide bonds. The molecule has 0 unspecified atom stereocenters. The van der Waals surface area contributed by atoms with Gasteiger partial charge in [0.1, 0.15) is 17.8 Å². The van der Waals surface area contributed by atoms with Crippen LogP contribution in [0.4, 0.5) is 0 Å². The van der Waals surface area contributed by atoms with E-state index >= 15 is 0 Å². The molecular weight excluding hydrogens is 382 g/mol. The van der Waals surface area contributed by atoms with Gasteiger partial charge in [0.25, 0.3) is 0 Å². The van der Waals surface area contributed by atoms with Gasteiger partial charge in [-0.05, 0) is 41.8 Å². The Morgan fingerprint density at radius 1 is 1.00 bits per heavy atom. The van der Waals surface area contributed by atoms with Crippen molar-refractivity contribution in [3.05, 3.63) is 59.7 Å². The normalized spacial score (nSPS) is 17.1. The number of rotatable bonds is 11. The smallest absolute Gasteiger partial charge is 0.223 e. The fourth-order valence-corrected chi connectivity index (χ4v) is 3.74. The van der Waals surface area contributed by atoms with Crippen LogP contribution in [-0.4, -0.2) is 50.5 Å². The summed E-state index contributed by atoms with van der Waals surface area (Å²) in [6.07, 6.45) is 2.11. The summed E-state index contributed by atoms with van der Waals surface area (Å²) >= 11 is 0. The molecule has 1 aliphatic rings. The molecule has 6 heteroatoms. The number of carbonyl (C=O) groups excluding carboxylic acids is 2. The molecule has 3 rings (SSSR count). The molecule has 30 heavy (non-hydrogen) atoms. The summed E-state index contributed by atoms with van der Waals surface area (Å²) in [6, 6.07) is 15.5. The number of aldehydes is 1. The first-order valence-electron chi connectivity index (χ1n) is 10.2. The first-order valence-corrected chi connectivity index (χ1v) is 10.2. The highest BCUT2D eigenvalue weighted by atomic mass is 16.5. The fraction of sp³-hybridized carbons (Fsp3) is 0.417. The molecule has 0 N–H and O–H groups in total. The third kappa shape index (κ3) is 5.83. The Bertz CT molecular complexity index is 818. The van der Waals surface area contributed by atoms with Gasteiger partial charge in [0.05, 0.1) is 26.9 Å². The Morgan fingerprint density at radius 3 is 2.17 bits per heavy atom. The predicted molar refractivity (Wildman–Crippen MR) is 114 cm³/mol. The van der Waals surface area contributed by atoms with E-state index < -0.39 is 0 Å². The lowest BCUT2D eigenvalue weighted by Gasteiger charge is -2.23. The predicted octanol–water partition coefficient (Wildman–Crippen LogP) is 3.27. The fourth-order valence-electron chi connectivity index (χ4n) is 3.74. The van der Waals surface area contributed by atoms with Gasteiger partial charge >= 0.3 is 0 Å². The molecule has 1 heterocycles. The van der Waals surface area contributed by atoms with E-state index in [4.69, 9.17) is 14.2 Å². The number of methoxy groups -OCH3 is 2. The zero-order chi connectivity index (χ0) is 21.3. The second kappa shape index (κ2) is 10.8. The number of benzene rings is 2. The van der Waals surface area contributed by atoms with Gasteiger partial charge in [-0.15, -0.1) is 0 Å². The van der Waals surface area contributed by atoms with E-state index in [0.717, 1.165) is 35.3 Å². The van der Waals surface area contributed by atoms with E-state index in [1.807, 2.05) is 53.4 Å². The number of ether oxygens (including phenoxy) is 3.